The van der Waals surface area contributed by atoms with Crippen molar-refractivity contribution < 1.29 is 8.96 Å². The second-order valence-corrected chi connectivity index (χ2v) is 7.47. The molecule has 28 heavy (non-hydrogen) atoms. The predicted molar refractivity (Wildman–Crippen MR) is 112 cm³/mol. The van der Waals surface area contributed by atoms with E-state index in [1.54, 1.807) is 6.92 Å². The standard InChI is InChI=1S/C23H24FN4/c1-14-9-16(3-7-21(14)24)23-20(15-4-8-22(26)17(10-15)12-25)11-19(13-28(23)2)27-18-5-6-18/h3-4,7-13,18,25,27H,5-6,26H2,1-2H3/q+1. The molecule has 1 aliphatic carbocycles. The third-order valence-electron chi connectivity index (χ3n) is 5.17. The van der Waals surface area contributed by atoms with Crippen LogP contribution in [0.3, 0.4) is 0 Å². The van der Waals surface area contributed by atoms with E-state index in [0.717, 1.165) is 28.1 Å². The van der Waals surface area contributed by atoms with Gasteiger partial charge in [-0.2, -0.15) is 4.57 Å². The lowest BCUT2D eigenvalue weighted by Gasteiger charge is -2.13. The third kappa shape index (κ3) is 3.48. The zero-order valence-corrected chi connectivity index (χ0v) is 16.1. The van der Waals surface area contributed by atoms with E-state index in [4.69, 9.17) is 11.1 Å². The largest absolute Gasteiger partial charge is 0.398 e. The van der Waals surface area contributed by atoms with Crippen molar-refractivity contribution >= 4 is 17.6 Å². The van der Waals surface area contributed by atoms with Crippen molar-refractivity contribution in [2.45, 2.75) is 25.8 Å². The number of nitrogens with one attached hydrogen (secondary N) is 2. The van der Waals surface area contributed by atoms with Crippen molar-refractivity contribution in [2.24, 2.45) is 7.05 Å². The van der Waals surface area contributed by atoms with Gasteiger partial charge in [0, 0.05) is 29.1 Å². The van der Waals surface area contributed by atoms with Crippen LogP contribution in [0.2, 0.25) is 0 Å². The minimum absolute atomic E-state index is 0.210. The molecule has 5 heteroatoms. The molecule has 0 bridgehead atoms. The van der Waals surface area contributed by atoms with Crippen LogP contribution in [-0.4, -0.2) is 12.3 Å². The van der Waals surface area contributed by atoms with Gasteiger partial charge in [-0.15, -0.1) is 0 Å². The summed E-state index contributed by atoms with van der Waals surface area (Å²) < 4.78 is 15.9. The average molecular weight is 375 g/mol. The first-order valence-electron chi connectivity index (χ1n) is 9.43. The Hall–Kier alpha value is -3.21. The average Bonchev–Trinajstić information content (AvgIpc) is 3.48. The van der Waals surface area contributed by atoms with E-state index in [1.165, 1.54) is 25.1 Å². The van der Waals surface area contributed by atoms with Crippen LogP contribution in [0.1, 0.15) is 24.0 Å². The second kappa shape index (κ2) is 7.08. The predicted octanol–water partition coefficient (Wildman–Crippen LogP) is 4.45. The summed E-state index contributed by atoms with van der Waals surface area (Å²) in [5.41, 5.74) is 12.8. The van der Waals surface area contributed by atoms with Gasteiger partial charge < -0.3 is 16.5 Å². The molecule has 1 aliphatic rings. The molecule has 0 saturated heterocycles. The maximum Gasteiger partial charge on any atom is 0.220 e. The zero-order valence-electron chi connectivity index (χ0n) is 16.1. The fourth-order valence-electron chi connectivity index (χ4n) is 3.51. The van der Waals surface area contributed by atoms with Crippen molar-refractivity contribution in [3.05, 3.63) is 65.6 Å². The zero-order chi connectivity index (χ0) is 19.8. The van der Waals surface area contributed by atoms with Crippen LogP contribution in [0, 0.1) is 18.2 Å². The van der Waals surface area contributed by atoms with Gasteiger partial charge in [0.2, 0.25) is 5.69 Å². The Bertz CT molecular complexity index is 1070. The number of nitrogens with two attached hydrogens (primary N) is 1. The molecular weight excluding hydrogens is 351 g/mol. The first kappa shape index (κ1) is 18.2. The van der Waals surface area contributed by atoms with E-state index in [1.807, 2.05) is 37.4 Å². The van der Waals surface area contributed by atoms with Crippen LogP contribution >= 0.6 is 0 Å². The highest BCUT2D eigenvalue weighted by Gasteiger charge is 2.25. The van der Waals surface area contributed by atoms with Gasteiger partial charge in [0.05, 0.1) is 11.3 Å². The topological polar surface area (TPSA) is 65.8 Å². The minimum atomic E-state index is -0.210. The molecular formula is C23H24FN4+. The monoisotopic (exact) mass is 375 g/mol. The van der Waals surface area contributed by atoms with Crippen molar-refractivity contribution in [3.63, 3.8) is 0 Å². The minimum Gasteiger partial charge on any atom is -0.398 e. The Morgan fingerprint density at radius 1 is 1.14 bits per heavy atom. The van der Waals surface area contributed by atoms with Crippen molar-refractivity contribution in [2.75, 3.05) is 11.1 Å². The summed E-state index contributed by atoms with van der Waals surface area (Å²) in [6, 6.07) is 13.6. The number of aromatic nitrogens is 1. The van der Waals surface area contributed by atoms with E-state index >= 15 is 0 Å². The lowest BCUT2D eigenvalue weighted by molar-refractivity contribution is -0.659. The number of anilines is 2. The van der Waals surface area contributed by atoms with Gasteiger partial charge in [-0.05, 0) is 67.3 Å². The summed E-state index contributed by atoms with van der Waals surface area (Å²) in [5.74, 6) is -0.210. The molecule has 0 radical (unpaired) electrons. The van der Waals surface area contributed by atoms with Crippen LogP contribution in [0.4, 0.5) is 15.8 Å². The first-order chi connectivity index (χ1) is 13.5. The van der Waals surface area contributed by atoms with E-state index in [0.29, 0.717) is 22.9 Å². The fraction of sp³-hybridized carbons (Fsp3) is 0.217. The highest BCUT2D eigenvalue weighted by Crippen LogP contribution is 2.34. The molecule has 4 N–H and O–H groups in total. The molecule has 4 rings (SSSR count). The van der Waals surface area contributed by atoms with Crippen LogP contribution in [0.15, 0.2) is 48.7 Å². The molecule has 1 fully saturated rings. The maximum atomic E-state index is 13.8. The van der Waals surface area contributed by atoms with Crippen LogP contribution < -0.4 is 15.6 Å². The number of pyridine rings is 1. The van der Waals surface area contributed by atoms with Crippen LogP contribution in [-0.2, 0) is 7.05 Å². The van der Waals surface area contributed by atoms with Gasteiger partial charge in [-0.3, -0.25) is 0 Å². The van der Waals surface area contributed by atoms with Crippen molar-refractivity contribution in [3.8, 4) is 22.4 Å². The second-order valence-electron chi connectivity index (χ2n) is 7.47. The molecule has 3 aromatic rings. The van der Waals surface area contributed by atoms with Gasteiger partial charge in [0.15, 0.2) is 6.20 Å². The summed E-state index contributed by atoms with van der Waals surface area (Å²) >= 11 is 0. The molecule has 2 aromatic carbocycles. The Labute approximate surface area is 164 Å². The molecule has 0 spiro atoms. The molecule has 4 nitrogen and oxygen atoms in total. The van der Waals surface area contributed by atoms with E-state index < -0.39 is 0 Å². The fourth-order valence-corrected chi connectivity index (χ4v) is 3.51. The number of hydrogen-bond acceptors (Lipinski definition) is 3. The van der Waals surface area contributed by atoms with Crippen molar-refractivity contribution in [1.29, 1.82) is 5.41 Å². The Morgan fingerprint density at radius 2 is 1.89 bits per heavy atom. The summed E-state index contributed by atoms with van der Waals surface area (Å²) in [6.45, 7) is 1.78. The number of rotatable bonds is 5. The summed E-state index contributed by atoms with van der Waals surface area (Å²) in [4.78, 5) is 0. The first-order valence-corrected chi connectivity index (χ1v) is 9.43. The van der Waals surface area contributed by atoms with E-state index in [2.05, 4.69) is 22.1 Å². The molecule has 0 atom stereocenters. The number of benzene rings is 2. The van der Waals surface area contributed by atoms with Crippen molar-refractivity contribution in [1.82, 2.24) is 0 Å². The lowest BCUT2D eigenvalue weighted by atomic mass is 9.95. The van der Waals surface area contributed by atoms with Crippen LogP contribution in [0.5, 0.6) is 0 Å². The number of nitrogens with zero attached hydrogens (tertiary/aromatic N) is 1. The summed E-state index contributed by atoms with van der Waals surface area (Å²) in [6.07, 6.45) is 5.73. The van der Waals surface area contributed by atoms with Gasteiger partial charge in [0.1, 0.15) is 12.9 Å². The van der Waals surface area contributed by atoms with Gasteiger partial charge in [0.25, 0.3) is 0 Å². The molecule has 0 unspecified atom stereocenters. The van der Waals surface area contributed by atoms with Gasteiger partial charge in [-0.1, -0.05) is 6.07 Å². The molecule has 0 amide bonds. The van der Waals surface area contributed by atoms with E-state index in [-0.39, 0.29) is 5.82 Å². The van der Waals surface area contributed by atoms with Crippen LogP contribution in [0.25, 0.3) is 22.4 Å². The Kier molecular flexibility index (Phi) is 4.59. The highest BCUT2D eigenvalue weighted by atomic mass is 19.1. The Balaban J connectivity index is 1.93. The third-order valence-corrected chi connectivity index (χ3v) is 5.17. The smallest absolute Gasteiger partial charge is 0.220 e. The quantitative estimate of drug-likeness (QED) is 0.350. The number of hydrogen-bond donors (Lipinski definition) is 3. The number of aryl methyl sites for hydroxylation is 2. The van der Waals surface area contributed by atoms with E-state index in [9.17, 15) is 4.39 Å². The summed E-state index contributed by atoms with van der Waals surface area (Å²) in [5, 5.41) is 11.2. The van der Waals surface area contributed by atoms with Gasteiger partial charge in [-0.25, -0.2) is 4.39 Å². The highest BCUT2D eigenvalue weighted by molar-refractivity contribution is 5.90. The number of halogens is 1. The number of nitrogen functional groups attached to an aromatic ring is 1. The molecule has 0 aliphatic heterocycles. The molecule has 1 saturated carbocycles. The normalized spacial score (nSPS) is 13.4. The molecule has 1 heterocycles. The van der Waals surface area contributed by atoms with Gasteiger partial charge >= 0.3 is 0 Å². The lowest BCUT2D eigenvalue weighted by Crippen LogP contribution is -2.32. The molecule has 142 valence electrons. The molecule has 1 aromatic heterocycles. The SMILES string of the molecule is Cc1cc(-c2c(-c3ccc(N)c(C=N)c3)cc(NC3CC3)c[n+]2C)ccc1F. The Morgan fingerprint density at radius 3 is 2.57 bits per heavy atom. The summed E-state index contributed by atoms with van der Waals surface area (Å²) in [7, 11) is 2.00. The maximum absolute atomic E-state index is 13.8.